The third-order valence-electron chi connectivity index (χ3n) is 2.64. The highest BCUT2D eigenvalue weighted by Gasteiger charge is 2.18. The van der Waals surface area contributed by atoms with E-state index in [1.807, 2.05) is 31.4 Å². The highest BCUT2D eigenvalue weighted by molar-refractivity contribution is 7.10. The number of hydrogen-bond donors (Lipinski definition) is 1. The first-order chi connectivity index (χ1) is 9.08. The lowest BCUT2D eigenvalue weighted by Gasteiger charge is -2.11. The number of rotatable bonds is 5. The first-order valence-corrected chi connectivity index (χ1v) is 7.06. The second-order valence-corrected chi connectivity index (χ2v) is 5.53. The minimum absolute atomic E-state index is 0.0708. The fourth-order valence-electron chi connectivity index (χ4n) is 1.75. The van der Waals surface area contributed by atoms with Crippen LogP contribution in [-0.4, -0.2) is 11.9 Å². The summed E-state index contributed by atoms with van der Waals surface area (Å²) in [5, 5.41) is 1.92. The molecule has 0 saturated heterocycles. The van der Waals surface area contributed by atoms with Crippen LogP contribution >= 0.6 is 11.3 Å². The van der Waals surface area contributed by atoms with Gasteiger partial charge in [-0.1, -0.05) is 6.07 Å². The van der Waals surface area contributed by atoms with Gasteiger partial charge in [0.15, 0.2) is 5.78 Å². The molecule has 1 atom stereocenters. The molecule has 0 bridgehead atoms. The maximum absolute atomic E-state index is 12.2. The molecule has 100 valence electrons. The zero-order valence-electron chi connectivity index (χ0n) is 11.0. The van der Waals surface area contributed by atoms with Crippen LogP contribution in [0.4, 0.5) is 0 Å². The second kappa shape index (κ2) is 5.99. The monoisotopic (exact) mass is 275 g/mol. The number of benzene rings is 1. The van der Waals surface area contributed by atoms with Crippen LogP contribution < -0.4 is 10.5 Å². The van der Waals surface area contributed by atoms with Crippen molar-refractivity contribution in [3.8, 4) is 5.75 Å². The summed E-state index contributed by atoms with van der Waals surface area (Å²) < 4.78 is 5.54. The Morgan fingerprint density at radius 2 is 1.89 bits per heavy atom. The molecular formula is C15H17NO2S. The van der Waals surface area contributed by atoms with Gasteiger partial charge in [-0.15, -0.1) is 11.3 Å². The van der Waals surface area contributed by atoms with Gasteiger partial charge in [0, 0.05) is 10.4 Å². The lowest BCUT2D eigenvalue weighted by atomic mass is 10.0. The Morgan fingerprint density at radius 1 is 1.21 bits per heavy atom. The van der Waals surface area contributed by atoms with Gasteiger partial charge in [-0.2, -0.15) is 0 Å². The van der Waals surface area contributed by atoms with Crippen LogP contribution in [0.3, 0.4) is 0 Å². The predicted octanol–water partition coefficient (Wildman–Crippen LogP) is 3.42. The molecule has 1 unspecified atom stereocenters. The number of carbonyl (C=O) groups excluding carboxylic acids is 1. The number of hydrogen-bond acceptors (Lipinski definition) is 4. The van der Waals surface area contributed by atoms with Gasteiger partial charge in [0.25, 0.3) is 0 Å². The van der Waals surface area contributed by atoms with Gasteiger partial charge in [-0.3, -0.25) is 4.79 Å². The average Bonchev–Trinajstić information content (AvgIpc) is 2.91. The normalized spacial score (nSPS) is 12.4. The van der Waals surface area contributed by atoms with E-state index in [1.165, 1.54) is 11.3 Å². The van der Waals surface area contributed by atoms with E-state index in [2.05, 4.69) is 0 Å². The fourth-order valence-corrected chi connectivity index (χ4v) is 2.47. The minimum Gasteiger partial charge on any atom is -0.491 e. The molecule has 0 fully saturated rings. The second-order valence-electron chi connectivity index (χ2n) is 4.55. The molecule has 1 heterocycles. The molecule has 2 N–H and O–H groups in total. The molecule has 0 aliphatic rings. The predicted molar refractivity (Wildman–Crippen MR) is 77.8 cm³/mol. The highest BCUT2D eigenvalue weighted by atomic mass is 32.1. The summed E-state index contributed by atoms with van der Waals surface area (Å²) >= 11 is 1.50. The van der Waals surface area contributed by atoms with E-state index in [9.17, 15) is 4.79 Å². The van der Waals surface area contributed by atoms with E-state index >= 15 is 0 Å². The molecule has 4 heteroatoms. The first kappa shape index (κ1) is 13.8. The Hall–Kier alpha value is -1.65. The largest absolute Gasteiger partial charge is 0.491 e. The maximum atomic E-state index is 12.2. The summed E-state index contributed by atoms with van der Waals surface area (Å²) in [6.45, 7) is 3.93. The molecule has 19 heavy (non-hydrogen) atoms. The molecule has 0 radical (unpaired) electrons. The molecule has 0 aliphatic carbocycles. The van der Waals surface area contributed by atoms with Crippen LogP contribution in [0.2, 0.25) is 0 Å². The number of Topliss-reactive ketones (excluding diaryl/α,β-unsaturated/α-hetero) is 1. The van der Waals surface area contributed by atoms with Crippen molar-refractivity contribution in [3.05, 3.63) is 52.2 Å². The van der Waals surface area contributed by atoms with Crippen LogP contribution in [0.25, 0.3) is 0 Å². The molecule has 0 spiro atoms. The van der Waals surface area contributed by atoms with Crippen molar-refractivity contribution in [2.45, 2.75) is 26.0 Å². The van der Waals surface area contributed by atoms with E-state index < -0.39 is 6.04 Å². The lowest BCUT2D eigenvalue weighted by Crippen LogP contribution is -2.20. The molecule has 1 aromatic heterocycles. The van der Waals surface area contributed by atoms with Gasteiger partial charge < -0.3 is 10.5 Å². The van der Waals surface area contributed by atoms with Gasteiger partial charge in [0.2, 0.25) is 0 Å². The van der Waals surface area contributed by atoms with Gasteiger partial charge in [-0.25, -0.2) is 0 Å². The number of nitrogens with two attached hydrogens (primary N) is 1. The SMILES string of the molecule is CC(C)Oc1ccc(C(=O)C(N)c2cccs2)cc1. The zero-order chi connectivity index (χ0) is 13.8. The van der Waals surface area contributed by atoms with Crippen molar-refractivity contribution in [1.82, 2.24) is 0 Å². The molecule has 2 aromatic rings. The first-order valence-electron chi connectivity index (χ1n) is 6.18. The third kappa shape index (κ3) is 3.43. The zero-order valence-corrected chi connectivity index (χ0v) is 11.8. The van der Waals surface area contributed by atoms with Crippen molar-refractivity contribution in [1.29, 1.82) is 0 Å². The molecular weight excluding hydrogens is 258 g/mol. The molecule has 2 rings (SSSR count). The Kier molecular flexibility index (Phi) is 4.35. The Bertz CT molecular complexity index is 532. The number of carbonyl (C=O) groups is 1. The van der Waals surface area contributed by atoms with Crippen LogP contribution in [0.15, 0.2) is 41.8 Å². The van der Waals surface area contributed by atoms with Gasteiger partial charge in [-0.05, 0) is 49.6 Å². The smallest absolute Gasteiger partial charge is 0.184 e. The van der Waals surface area contributed by atoms with Gasteiger partial charge in [0.05, 0.1) is 6.10 Å². The number of ketones is 1. The van der Waals surface area contributed by atoms with E-state index in [1.54, 1.807) is 24.3 Å². The molecule has 0 amide bonds. The van der Waals surface area contributed by atoms with E-state index in [0.717, 1.165) is 10.6 Å². The molecule has 0 saturated carbocycles. The van der Waals surface area contributed by atoms with Crippen LogP contribution in [0.5, 0.6) is 5.75 Å². The molecule has 0 aliphatic heterocycles. The van der Waals surface area contributed by atoms with Crippen LogP contribution in [0, 0.1) is 0 Å². The lowest BCUT2D eigenvalue weighted by molar-refractivity contribution is 0.0962. The fraction of sp³-hybridized carbons (Fsp3) is 0.267. The van der Waals surface area contributed by atoms with E-state index in [-0.39, 0.29) is 11.9 Å². The van der Waals surface area contributed by atoms with E-state index in [0.29, 0.717) is 5.56 Å². The van der Waals surface area contributed by atoms with E-state index in [4.69, 9.17) is 10.5 Å². The summed E-state index contributed by atoms with van der Waals surface area (Å²) in [5.74, 6) is 0.690. The van der Waals surface area contributed by atoms with Crippen molar-refractivity contribution in [2.24, 2.45) is 5.73 Å². The summed E-state index contributed by atoms with van der Waals surface area (Å²) in [6.07, 6.45) is 0.120. The minimum atomic E-state index is -0.586. The molecule has 3 nitrogen and oxygen atoms in total. The van der Waals surface area contributed by atoms with Crippen molar-refractivity contribution in [3.63, 3.8) is 0 Å². The summed E-state index contributed by atoms with van der Waals surface area (Å²) in [5.41, 5.74) is 6.57. The maximum Gasteiger partial charge on any atom is 0.184 e. The average molecular weight is 275 g/mol. The standard InChI is InChI=1S/C15H17NO2S/c1-10(2)18-12-7-5-11(6-8-12)15(17)14(16)13-4-3-9-19-13/h3-10,14H,16H2,1-2H3. The van der Waals surface area contributed by atoms with Crippen LogP contribution in [0.1, 0.15) is 35.1 Å². The highest BCUT2D eigenvalue weighted by Crippen LogP contribution is 2.22. The Labute approximate surface area is 117 Å². The van der Waals surface area contributed by atoms with Gasteiger partial charge >= 0.3 is 0 Å². The summed E-state index contributed by atoms with van der Waals surface area (Å²) in [7, 11) is 0. The Balaban J connectivity index is 2.11. The van der Waals surface area contributed by atoms with Crippen molar-refractivity contribution >= 4 is 17.1 Å². The van der Waals surface area contributed by atoms with Crippen LogP contribution in [-0.2, 0) is 0 Å². The van der Waals surface area contributed by atoms with Crippen molar-refractivity contribution in [2.75, 3.05) is 0 Å². The van der Waals surface area contributed by atoms with Crippen molar-refractivity contribution < 1.29 is 9.53 Å². The third-order valence-corrected chi connectivity index (χ3v) is 3.60. The summed E-state index contributed by atoms with van der Waals surface area (Å²) in [6, 6.07) is 10.3. The topological polar surface area (TPSA) is 52.3 Å². The quantitative estimate of drug-likeness (QED) is 0.851. The van der Waals surface area contributed by atoms with Gasteiger partial charge in [0.1, 0.15) is 11.8 Å². The Morgan fingerprint density at radius 3 is 2.42 bits per heavy atom. The summed E-state index contributed by atoms with van der Waals surface area (Å²) in [4.78, 5) is 13.1. The number of thiophene rings is 1. The molecule has 1 aromatic carbocycles. The number of ether oxygens (including phenoxy) is 1.